The van der Waals surface area contributed by atoms with E-state index in [0.29, 0.717) is 29.1 Å². The van der Waals surface area contributed by atoms with Gasteiger partial charge in [-0.2, -0.15) is 4.98 Å². The van der Waals surface area contributed by atoms with E-state index in [1.807, 2.05) is 19.0 Å². The predicted molar refractivity (Wildman–Crippen MR) is 112 cm³/mol. The van der Waals surface area contributed by atoms with Gasteiger partial charge in [-0.05, 0) is 32.3 Å². The van der Waals surface area contributed by atoms with Gasteiger partial charge in [-0.1, -0.05) is 17.7 Å². The number of pyridine rings is 1. The maximum Gasteiger partial charge on any atom is 0.293 e. The van der Waals surface area contributed by atoms with Crippen molar-refractivity contribution in [3.05, 3.63) is 51.4 Å². The lowest BCUT2D eigenvalue weighted by molar-refractivity contribution is 0.100. The number of carbonyl (C=O) groups is 1. The molecule has 152 valence electrons. The SMILES string of the molecule is COn1c(=O)c(-c2ccc(C(N)=O)cc2Cl)cc2cnc(NCCN(C)C)nc21. The molecule has 3 aromatic rings. The van der Waals surface area contributed by atoms with Crippen molar-refractivity contribution in [2.24, 2.45) is 5.73 Å². The van der Waals surface area contributed by atoms with Gasteiger partial charge in [-0.3, -0.25) is 9.59 Å². The summed E-state index contributed by atoms with van der Waals surface area (Å²) in [4.78, 5) is 40.3. The van der Waals surface area contributed by atoms with E-state index >= 15 is 0 Å². The molecule has 29 heavy (non-hydrogen) atoms. The van der Waals surface area contributed by atoms with Crippen LogP contribution in [-0.2, 0) is 0 Å². The van der Waals surface area contributed by atoms with E-state index in [9.17, 15) is 9.59 Å². The van der Waals surface area contributed by atoms with Crippen LogP contribution in [0, 0.1) is 0 Å². The number of amides is 1. The molecule has 0 saturated heterocycles. The number of rotatable bonds is 7. The number of hydrogen-bond acceptors (Lipinski definition) is 7. The van der Waals surface area contributed by atoms with Gasteiger partial charge in [0, 0.05) is 40.8 Å². The maximum absolute atomic E-state index is 13.0. The zero-order valence-corrected chi connectivity index (χ0v) is 17.0. The van der Waals surface area contributed by atoms with Crippen molar-refractivity contribution >= 4 is 34.5 Å². The molecular weight excluding hydrogens is 396 g/mol. The number of benzene rings is 1. The highest BCUT2D eigenvalue weighted by molar-refractivity contribution is 6.33. The Morgan fingerprint density at radius 3 is 2.69 bits per heavy atom. The summed E-state index contributed by atoms with van der Waals surface area (Å²) < 4.78 is 1.09. The summed E-state index contributed by atoms with van der Waals surface area (Å²) in [6, 6.07) is 6.15. The van der Waals surface area contributed by atoms with Crippen LogP contribution in [0.2, 0.25) is 5.02 Å². The van der Waals surface area contributed by atoms with Gasteiger partial charge >= 0.3 is 0 Å². The zero-order chi connectivity index (χ0) is 21.1. The van der Waals surface area contributed by atoms with E-state index in [0.717, 1.165) is 11.3 Å². The number of halogens is 1. The van der Waals surface area contributed by atoms with Crippen molar-refractivity contribution in [1.29, 1.82) is 0 Å². The van der Waals surface area contributed by atoms with Crippen molar-refractivity contribution in [2.75, 3.05) is 39.6 Å². The molecular formula is C19H21ClN6O3. The first-order chi connectivity index (χ1) is 13.8. The minimum absolute atomic E-state index is 0.225. The third-order valence-electron chi connectivity index (χ3n) is 4.27. The minimum Gasteiger partial charge on any atom is -0.412 e. The van der Waals surface area contributed by atoms with E-state index in [1.165, 1.54) is 19.2 Å². The quantitative estimate of drug-likeness (QED) is 0.595. The molecule has 0 atom stereocenters. The third-order valence-corrected chi connectivity index (χ3v) is 4.58. The molecule has 0 aliphatic heterocycles. The zero-order valence-electron chi connectivity index (χ0n) is 16.3. The monoisotopic (exact) mass is 416 g/mol. The molecule has 10 heteroatoms. The number of hydrogen-bond donors (Lipinski definition) is 2. The molecule has 1 amide bonds. The number of carbonyl (C=O) groups excluding carboxylic acids is 1. The first-order valence-corrected chi connectivity index (χ1v) is 9.15. The molecule has 0 spiro atoms. The lowest BCUT2D eigenvalue weighted by atomic mass is 10.0. The van der Waals surface area contributed by atoms with Crippen molar-refractivity contribution in [2.45, 2.75) is 0 Å². The van der Waals surface area contributed by atoms with Gasteiger partial charge < -0.3 is 20.8 Å². The molecule has 1 aromatic carbocycles. The van der Waals surface area contributed by atoms with Crippen LogP contribution < -0.4 is 21.4 Å². The standard InChI is InChI=1S/C19H21ClN6O3/c1-25(2)7-6-22-19-23-10-12-8-14(18(28)26(29-3)17(12)24-19)13-5-4-11(16(21)27)9-15(13)20/h4-5,8-10H,6-7H2,1-3H3,(H2,21,27)(H,22,23,24). The van der Waals surface area contributed by atoms with Crippen LogP contribution in [0.15, 0.2) is 35.3 Å². The third kappa shape index (κ3) is 4.30. The molecule has 0 aliphatic rings. The van der Waals surface area contributed by atoms with Crippen LogP contribution in [-0.4, -0.2) is 59.8 Å². The van der Waals surface area contributed by atoms with Crippen molar-refractivity contribution in [3.63, 3.8) is 0 Å². The number of fused-ring (bicyclic) bond motifs is 1. The topological polar surface area (TPSA) is 115 Å². The van der Waals surface area contributed by atoms with Gasteiger partial charge in [0.1, 0.15) is 7.11 Å². The van der Waals surface area contributed by atoms with Gasteiger partial charge in [0.25, 0.3) is 5.56 Å². The smallest absolute Gasteiger partial charge is 0.293 e. The number of nitrogens with one attached hydrogen (secondary N) is 1. The molecule has 3 N–H and O–H groups in total. The Morgan fingerprint density at radius 2 is 2.07 bits per heavy atom. The van der Waals surface area contributed by atoms with E-state index in [-0.39, 0.29) is 16.1 Å². The van der Waals surface area contributed by atoms with E-state index in [4.69, 9.17) is 22.2 Å². The Morgan fingerprint density at radius 1 is 1.31 bits per heavy atom. The Kier molecular flexibility index (Phi) is 6.00. The van der Waals surface area contributed by atoms with Crippen molar-refractivity contribution in [3.8, 4) is 11.1 Å². The highest BCUT2D eigenvalue weighted by Crippen LogP contribution is 2.28. The number of nitrogens with zero attached hydrogens (tertiary/aromatic N) is 4. The molecule has 0 fully saturated rings. The summed E-state index contributed by atoms with van der Waals surface area (Å²) in [6.07, 6.45) is 1.60. The number of nitrogens with two attached hydrogens (primary N) is 1. The summed E-state index contributed by atoms with van der Waals surface area (Å²) in [7, 11) is 5.31. The molecule has 0 bridgehead atoms. The van der Waals surface area contributed by atoms with Gasteiger partial charge in [0.15, 0.2) is 5.65 Å². The Bertz CT molecular complexity index is 1130. The average Bonchev–Trinajstić information content (AvgIpc) is 2.67. The number of anilines is 1. The van der Waals surface area contributed by atoms with Gasteiger partial charge in [-0.15, -0.1) is 4.73 Å². The van der Waals surface area contributed by atoms with Crippen LogP contribution in [0.1, 0.15) is 10.4 Å². The Hall–Kier alpha value is -3.17. The van der Waals surface area contributed by atoms with Crippen molar-refractivity contribution < 1.29 is 9.63 Å². The predicted octanol–water partition coefficient (Wildman–Crippen LogP) is 1.24. The summed E-state index contributed by atoms with van der Waals surface area (Å²) >= 11 is 6.29. The number of likely N-dealkylation sites (N-methyl/N-ethyl adjacent to an activating group) is 1. The minimum atomic E-state index is -0.603. The van der Waals surface area contributed by atoms with Crippen LogP contribution >= 0.6 is 11.6 Å². The Balaban J connectivity index is 2.08. The highest BCUT2D eigenvalue weighted by Gasteiger charge is 2.17. The fourth-order valence-corrected chi connectivity index (χ4v) is 3.08. The lowest BCUT2D eigenvalue weighted by Crippen LogP contribution is -2.28. The summed E-state index contributed by atoms with van der Waals surface area (Å²) in [5, 5.41) is 3.93. The molecule has 0 unspecified atom stereocenters. The van der Waals surface area contributed by atoms with Crippen LogP contribution in [0.4, 0.5) is 5.95 Å². The summed E-state index contributed by atoms with van der Waals surface area (Å²) in [5.74, 6) is -0.213. The van der Waals surface area contributed by atoms with Crippen LogP contribution in [0.3, 0.4) is 0 Å². The number of primary amides is 1. The second-order valence-corrected chi connectivity index (χ2v) is 7.01. The molecule has 0 aliphatic carbocycles. The molecule has 2 aromatic heterocycles. The normalized spacial score (nSPS) is 11.1. The van der Waals surface area contributed by atoms with E-state index < -0.39 is 11.5 Å². The van der Waals surface area contributed by atoms with E-state index in [2.05, 4.69) is 15.3 Å². The fourth-order valence-electron chi connectivity index (χ4n) is 2.80. The molecule has 0 saturated carbocycles. The second kappa shape index (κ2) is 8.46. The Labute approximate surface area is 172 Å². The van der Waals surface area contributed by atoms with Gasteiger partial charge in [0.05, 0.1) is 5.56 Å². The largest absolute Gasteiger partial charge is 0.412 e. The van der Waals surface area contributed by atoms with Crippen molar-refractivity contribution in [1.82, 2.24) is 19.6 Å². The molecule has 0 radical (unpaired) electrons. The second-order valence-electron chi connectivity index (χ2n) is 6.60. The average molecular weight is 417 g/mol. The first kappa shape index (κ1) is 20.6. The van der Waals surface area contributed by atoms with Gasteiger partial charge in [-0.25, -0.2) is 4.98 Å². The summed E-state index contributed by atoms with van der Waals surface area (Å²) in [6.45, 7) is 1.45. The maximum atomic E-state index is 13.0. The summed E-state index contributed by atoms with van der Waals surface area (Å²) in [5.41, 5.74) is 6.16. The first-order valence-electron chi connectivity index (χ1n) is 8.77. The molecule has 3 rings (SSSR count). The molecule has 9 nitrogen and oxygen atoms in total. The molecule has 2 heterocycles. The van der Waals surface area contributed by atoms with Gasteiger partial charge in [0.2, 0.25) is 11.9 Å². The highest BCUT2D eigenvalue weighted by atomic mass is 35.5. The lowest BCUT2D eigenvalue weighted by Gasteiger charge is -2.13. The van der Waals surface area contributed by atoms with Crippen LogP contribution in [0.25, 0.3) is 22.2 Å². The fraction of sp³-hybridized carbons (Fsp3) is 0.263. The van der Waals surface area contributed by atoms with Crippen LogP contribution in [0.5, 0.6) is 0 Å². The number of aromatic nitrogens is 3. The van der Waals surface area contributed by atoms with E-state index in [1.54, 1.807) is 18.3 Å².